The van der Waals surface area contributed by atoms with Crippen LogP contribution in [0, 0.1) is 0 Å². The summed E-state index contributed by atoms with van der Waals surface area (Å²) in [5, 5.41) is 9.83. The van der Waals surface area contributed by atoms with Gasteiger partial charge in [-0.2, -0.15) is 0 Å². The summed E-state index contributed by atoms with van der Waals surface area (Å²) in [5.41, 5.74) is 3.20. The minimum atomic E-state index is -1.35. The summed E-state index contributed by atoms with van der Waals surface area (Å²) in [4.78, 5) is 26.4. The van der Waals surface area contributed by atoms with E-state index >= 15 is 0 Å². The molecule has 2 aromatic carbocycles. The van der Waals surface area contributed by atoms with Crippen LogP contribution in [0.2, 0.25) is 0 Å². The first kappa shape index (κ1) is 18.5. The quantitative estimate of drug-likeness (QED) is 0.824. The third-order valence-corrected chi connectivity index (χ3v) is 5.87. The Morgan fingerprint density at radius 1 is 1.11 bits per heavy atom. The van der Waals surface area contributed by atoms with Crippen molar-refractivity contribution in [3.8, 4) is 11.1 Å². The predicted molar refractivity (Wildman–Crippen MR) is 103 cm³/mol. The molecule has 146 valence electrons. The number of rotatable bonds is 4. The van der Waals surface area contributed by atoms with Crippen molar-refractivity contribution in [1.29, 1.82) is 0 Å². The number of carbonyl (C=O) groups excluding carboxylic acids is 2. The molecule has 6 heteroatoms. The standard InChI is InChI=1S/C22H23NO5/c1-27-20(25)22(14-24)11-6-12-23(22)21(26)28-13-19-17-9-4-2-7-15(17)16-8-3-5-10-18(16)19/h2-5,7-10,19,24H,6,11-14H2,1H3. The molecule has 1 saturated heterocycles. The first-order valence-corrected chi connectivity index (χ1v) is 9.44. The number of aliphatic hydroxyl groups is 1. The maximum Gasteiger partial charge on any atom is 0.410 e. The number of hydrogen-bond acceptors (Lipinski definition) is 5. The number of esters is 1. The summed E-state index contributed by atoms with van der Waals surface area (Å²) in [7, 11) is 1.26. The van der Waals surface area contributed by atoms with Gasteiger partial charge in [0.2, 0.25) is 0 Å². The SMILES string of the molecule is COC(=O)C1(CO)CCCN1C(=O)OCC1c2ccccc2-c2ccccc21. The summed E-state index contributed by atoms with van der Waals surface area (Å²) >= 11 is 0. The average molecular weight is 381 g/mol. The van der Waals surface area contributed by atoms with E-state index in [2.05, 4.69) is 24.3 Å². The summed E-state index contributed by atoms with van der Waals surface area (Å²) in [6.07, 6.45) is 0.374. The molecule has 1 atom stereocenters. The highest BCUT2D eigenvalue weighted by Gasteiger charge is 2.51. The maximum atomic E-state index is 12.8. The third-order valence-electron chi connectivity index (χ3n) is 5.87. The van der Waals surface area contributed by atoms with E-state index in [1.165, 1.54) is 12.0 Å². The average Bonchev–Trinajstić information content (AvgIpc) is 3.32. The fourth-order valence-corrected chi connectivity index (χ4v) is 4.45. The zero-order valence-electron chi connectivity index (χ0n) is 15.8. The van der Waals surface area contributed by atoms with E-state index in [1.807, 2.05) is 24.3 Å². The highest BCUT2D eigenvalue weighted by atomic mass is 16.6. The third kappa shape index (κ3) is 2.76. The van der Waals surface area contributed by atoms with E-state index in [9.17, 15) is 14.7 Å². The van der Waals surface area contributed by atoms with Crippen LogP contribution in [-0.4, -0.2) is 54.5 Å². The number of ether oxygens (including phenoxy) is 2. The lowest BCUT2D eigenvalue weighted by atomic mass is 9.97. The van der Waals surface area contributed by atoms with Crippen LogP contribution >= 0.6 is 0 Å². The molecule has 1 heterocycles. The van der Waals surface area contributed by atoms with Crippen molar-refractivity contribution in [2.24, 2.45) is 0 Å². The van der Waals surface area contributed by atoms with E-state index in [0.717, 1.165) is 22.3 Å². The molecule has 0 saturated carbocycles. The molecular formula is C22H23NO5. The maximum absolute atomic E-state index is 12.8. The molecule has 4 rings (SSSR count). The van der Waals surface area contributed by atoms with Crippen molar-refractivity contribution in [2.45, 2.75) is 24.3 Å². The smallest absolute Gasteiger partial charge is 0.410 e. The van der Waals surface area contributed by atoms with Gasteiger partial charge in [0.05, 0.1) is 13.7 Å². The number of amides is 1. The fraction of sp³-hybridized carbons (Fsp3) is 0.364. The number of likely N-dealkylation sites (tertiary alicyclic amines) is 1. The molecule has 1 unspecified atom stereocenters. The van der Waals surface area contributed by atoms with Crippen molar-refractivity contribution in [3.63, 3.8) is 0 Å². The van der Waals surface area contributed by atoms with E-state index in [0.29, 0.717) is 19.4 Å². The molecule has 1 amide bonds. The van der Waals surface area contributed by atoms with E-state index in [-0.39, 0.29) is 12.5 Å². The van der Waals surface area contributed by atoms with Gasteiger partial charge in [-0.15, -0.1) is 0 Å². The molecule has 28 heavy (non-hydrogen) atoms. The molecular weight excluding hydrogens is 358 g/mol. The summed E-state index contributed by atoms with van der Waals surface area (Å²) in [5.74, 6) is -0.665. The molecule has 2 aromatic rings. The highest BCUT2D eigenvalue weighted by molar-refractivity contribution is 5.87. The first-order valence-electron chi connectivity index (χ1n) is 9.44. The normalized spacial score (nSPS) is 20.6. The number of fused-ring (bicyclic) bond motifs is 3. The Morgan fingerprint density at radius 3 is 2.29 bits per heavy atom. The lowest BCUT2D eigenvalue weighted by Crippen LogP contribution is -2.56. The molecule has 0 spiro atoms. The molecule has 0 radical (unpaired) electrons. The molecule has 1 N–H and O–H groups in total. The Bertz CT molecular complexity index is 866. The van der Waals surface area contributed by atoms with Crippen LogP contribution in [0.15, 0.2) is 48.5 Å². The van der Waals surface area contributed by atoms with Gasteiger partial charge in [0.15, 0.2) is 5.54 Å². The van der Waals surface area contributed by atoms with E-state index < -0.39 is 24.2 Å². The number of carbonyl (C=O) groups is 2. The predicted octanol–water partition coefficient (Wildman–Crippen LogP) is 2.94. The van der Waals surface area contributed by atoms with Crippen LogP contribution in [0.3, 0.4) is 0 Å². The van der Waals surface area contributed by atoms with Gasteiger partial charge < -0.3 is 14.6 Å². The number of nitrogens with zero attached hydrogens (tertiary/aromatic N) is 1. The monoisotopic (exact) mass is 381 g/mol. The van der Waals surface area contributed by atoms with Gasteiger partial charge in [-0.05, 0) is 35.1 Å². The van der Waals surface area contributed by atoms with Crippen LogP contribution in [0.1, 0.15) is 29.9 Å². The second kappa shape index (κ2) is 7.28. The van der Waals surface area contributed by atoms with Crippen molar-refractivity contribution in [2.75, 3.05) is 26.9 Å². The van der Waals surface area contributed by atoms with E-state index in [4.69, 9.17) is 9.47 Å². The Morgan fingerprint density at radius 2 is 1.71 bits per heavy atom. The molecule has 1 aliphatic carbocycles. The Balaban J connectivity index is 1.55. The Labute approximate surface area is 163 Å². The topological polar surface area (TPSA) is 76.1 Å². The largest absolute Gasteiger partial charge is 0.467 e. The summed E-state index contributed by atoms with van der Waals surface area (Å²) < 4.78 is 10.5. The fourth-order valence-electron chi connectivity index (χ4n) is 4.45. The zero-order valence-corrected chi connectivity index (χ0v) is 15.8. The number of hydrogen-bond donors (Lipinski definition) is 1. The van der Waals surface area contributed by atoms with E-state index in [1.54, 1.807) is 0 Å². The van der Waals surface area contributed by atoms with Gasteiger partial charge in [-0.25, -0.2) is 9.59 Å². The summed E-state index contributed by atoms with van der Waals surface area (Å²) in [6.45, 7) is 0.0439. The van der Waals surface area contributed by atoms with Crippen LogP contribution in [-0.2, 0) is 14.3 Å². The second-order valence-electron chi connectivity index (χ2n) is 7.24. The van der Waals surface area contributed by atoms with Crippen molar-refractivity contribution in [3.05, 3.63) is 59.7 Å². The summed E-state index contributed by atoms with van der Waals surface area (Å²) in [6, 6.07) is 16.2. The van der Waals surface area contributed by atoms with Gasteiger partial charge in [-0.3, -0.25) is 4.90 Å². The van der Waals surface area contributed by atoms with Gasteiger partial charge in [0, 0.05) is 12.5 Å². The lowest BCUT2D eigenvalue weighted by molar-refractivity contribution is -0.155. The number of methoxy groups -OCH3 is 1. The molecule has 0 bridgehead atoms. The molecule has 0 aromatic heterocycles. The van der Waals surface area contributed by atoms with Gasteiger partial charge in [0.1, 0.15) is 6.61 Å². The Kier molecular flexibility index (Phi) is 4.81. The zero-order chi connectivity index (χ0) is 19.7. The van der Waals surface area contributed by atoms with Crippen LogP contribution in [0.4, 0.5) is 4.79 Å². The van der Waals surface area contributed by atoms with Crippen molar-refractivity contribution in [1.82, 2.24) is 4.90 Å². The second-order valence-corrected chi connectivity index (χ2v) is 7.24. The minimum Gasteiger partial charge on any atom is -0.467 e. The first-order chi connectivity index (χ1) is 13.6. The van der Waals surface area contributed by atoms with Crippen molar-refractivity contribution >= 4 is 12.1 Å². The van der Waals surface area contributed by atoms with Crippen LogP contribution < -0.4 is 0 Å². The van der Waals surface area contributed by atoms with Crippen molar-refractivity contribution < 1.29 is 24.2 Å². The molecule has 1 aliphatic heterocycles. The molecule has 1 fully saturated rings. The molecule has 6 nitrogen and oxygen atoms in total. The van der Waals surface area contributed by atoms with Crippen LogP contribution in [0.5, 0.6) is 0 Å². The highest BCUT2D eigenvalue weighted by Crippen LogP contribution is 2.44. The lowest BCUT2D eigenvalue weighted by Gasteiger charge is -2.33. The van der Waals surface area contributed by atoms with Gasteiger partial charge in [-0.1, -0.05) is 48.5 Å². The minimum absolute atomic E-state index is 0.0550. The number of benzene rings is 2. The van der Waals surface area contributed by atoms with Gasteiger partial charge >= 0.3 is 12.1 Å². The molecule has 2 aliphatic rings. The Hall–Kier alpha value is -2.86. The van der Waals surface area contributed by atoms with Gasteiger partial charge in [0.25, 0.3) is 0 Å². The number of aliphatic hydroxyl groups excluding tert-OH is 1. The van der Waals surface area contributed by atoms with Crippen LogP contribution in [0.25, 0.3) is 11.1 Å².